The first kappa shape index (κ1) is 19.7. The van der Waals surface area contributed by atoms with Gasteiger partial charge in [-0.15, -0.1) is 0 Å². The highest BCUT2D eigenvalue weighted by Crippen LogP contribution is 2.51. The molecule has 0 aromatic rings. The van der Waals surface area contributed by atoms with Crippen LogP contribution in [0.4, 0.5) is 0 Å². The molecule has 2 aliphatic carbocycles. The third-order valence-corrected chi connectivity index (χ3v) is 6.17. The second-order valence-corrected chi connectivity index (χ2v) is 8.18. The molecule has 0 spiro atoms. The number of ether oxygens (including phenoxy) is 1. The fourth-order valence-electron chi connectivity index (χ4n) is 4.35. The Morgan fingerprint density at radius 3 is 2.56 bits per heavy atom. The number of Topliss-reactive ketones (excluding diaryl/α,β-unsaturated/α-hetero) is 1. The number of fused-ring (bicyclic) bond motifs is 1. The van der Waals surface area contributed by atoms with Gasteiger partial charge >= 0.3 is 5.97 Å². The van der Waals surface area contributed by atoms with E-state index in [0.29, 0.717) is 31.0 Å². The van der Waals surface area contributed by atoms with Gasteiger partial charge in [0.15, 0.2) is 0 Å². The number of rotatable bonds is 2. The lowest BCUT2D eigenvalue weighted by Crippen LogP contribution is -2.30. The Hall–Kier alpha value is -1.64. The molecule has 3 heteroatoms. The molecule has 0 amide bonds. The second kappa shape index (κ2) is 7.72. The van der Waals surface area contributed by atoms with Crippen LogP contribution >= 0.6 is 0 Å². The van der Waals surface area contributed by atoms with Crippen molar-refractivity contribution < 1.29 is 14.3 Å². The normalized spacial score (nSPS) is 37.8. The molecule has 3 nitrogen and oxygen atoms in total. The molecule has 138 valence electrons. The fourth-order valence-corrected chi connectivity index (χ4v) is 4.35. The molecular formula is C22H32O3. The highest BCUT2D eigenvalue weighted by molar-refractivity contribution is 5.88. The maximum Gasteiger partial charge on any atom is 0.303 e. The zero-order valence-electron chi connectivity index (χ0n) is 16.4. The van der Waals surface area contributed by atoms with Crippen LogP contribution in [-0.2, 0) is 14.3 Å². The van der Waals surface area contributed by atoms with Gasteiger partial charge in [-0.25, -0.2) is 0 Å². The van der Waals surface area contributed by atoms with Crippen LogP contribution in [-0.4, -0.2) is 17.9 Å². The highest BCUT2D eigenvalue weighted by atomic mass is 16.5. The van der Waals surface area contributed by atoms with Crippen molar-refractivity contribution in [3.8, 4) is 0 Å². The lowest BCUT2D eigenvalue weighted by atomic mass is 9.70. The van der Waals surface area contributed by atoms with Gasteiger partial charge in [0.1, 0.15) is 11.9 Å². The summed E-state index contributed by atoms with van der Waals surface area (Å²) in [5, 5.41) is 0. The average Bonchev–Trinajstić information content (AvgIpc) is 2.77. The summed E-state index contributed by atoms with van der Waals surface area (Å²) in [6.07, 6.45) is 8.07. The molecule has 2 rings (SSSR count). The van der Waals surface area contributed by atoms with Crippen LogP contribution in [0.25, 0.3) is 0 Å². The number of carbonyl (C=O) groups is 2. The van der Waals surface area contributed by atoms with Crippen molar-refractivity contribution in [3.63, 3.8) is 0 Å². The Labute approximate surface area is 152 Å². The number of esters is 1. The van der Waals surface area contributed by atoms with Gasteiger partial charge in [0.25, 0.3) is 0 Å². The minimum absolute atomic E-state index is 0.235. The van der Waals surface area contributed by atoms with Gasteiger partial charge in [-0.05, 0) is 57.4 Å². The van der Waals surface area contributed by atoms with E-state index in [9.17, 15) is 9.59 Å². The molecule has 0 radical (unpaired) electrons. The molecule has 1 fully saturated rings. The average molecular weight is 344 g/mol. The van der Waals surface area contributed by atoms with Crippen molar-refractivity contribution in [2.45, 2.75) is 72.8 Å². The van der Waals surface area contributed by atoms with E-state index in [0.717, 1.165) is 24.0 Å². The van der Waals surface area contributed by atoms with E-state index < -0.39 is 0 Å². The van der Waals surface area contributed by atoms with Crippen LogP contribution in [0, 0.1) is 17.3 Å². The van der Waals surface area contributed by atoms with Crippen LogP contribution in [0.3, 0.4) is 0 Å². The number of hydrogen-bond donors (Lipinski definition) is 0. The standard InChI is InChI=1S/C22H32O3/c1-14(2)18-13-21(24)22(6)12-11-16(4)20(25-17(5)23)10-8-15(3)7-9-19(18)22/h8,11,18-20H,1,7,9-10,12-13H2,2-6H3/b15-8+,16-11+/t18-,19+,20-,22-/m1/s1. The van der Waals surface area contributed by atoms with Crippen molar-refractivity contribution >= 4 is 11.8 Å². The quantitative estimate of drug-likeness (QED) is 0.512. The summed E-state index contributed by atoms with van der Waals surface area (Å²) in [5.74, 6) is 0.695. The Kier molecular flexibility index (Phi) is 6.08. The van der Waals surface area contributed by atoms with Gasteiger partial charge in [0.05, 0.1) is 0 Å². The van der Waals surface area contributed by atoms with Crippen LogP contribution in [0.5, 0.6) is 0 Å². The molecule has 4 atom stereocenters. The maximum atomic E-state index is 12.9. The van der Waals surface area contributed by atoms with Gasteiger partial charge < -0.3 is 4.74 Å². The molecule has 0 aliphatic heterocycles. The van der Waals surface area contributed by atoms with Gasteiger partial charge in [-0.2, -0.15) is 0 Å². The molecule has 0 saturated heterocycles. The summed E-state index contributed by atoms with van der Waals surface area (Å²) >= 11 is 0. The fraction of sp³-hybridized carbons (Fsp3) is 0.636. The lowest BCUT2D eigenvalue weighted by molar-refractivity contribution is -0.144. The molecule has 0 aromatic carbocycles. The van der Waals surface area contributed by atoms with E-state index in [1.165, 1.54) is 12.5 Å². The van der Waals surface area contributed by atoms with Crippen molar-refractivity contribution in [3.05, 3.63) is 35.5 Å². The van der Waals surface area contributed by atoms with Gasteiger partial charge in [0.2, 0.25) is 0 Å². The summed E-state index contributed by atoms with van der Waals surface area (Å²) < 4.78 is 5.50. The number of carbonyl (C=O) groups excluding carboxylic acids is 2. The predicted molar refractivity (Wildman–Crippen MR) is 101 cm³/mol. The molecule has 0 heterocycles. The van der Waals surface area contributed by atoms with E-state index >= 15 is 0 Å². The van der Waals surface area contributed by atoms with Crippen LogP contribution in [0.2, 0.25) is 0 Å². The minimum Gasteiger partial charge on any atom is -0.458 e. The molecular weight excluding hydrogens is 312 g/mol. The van der Waals surface area contributed by atoms with E-state index in [-0.39, 0.29) is 23.4 Å². The topological polar surface area (TPSA) is 43.4 Å². The van der Waals surface area contributed by atoms with Crippen LogP contribution in [0.1, 0.15) is 66.7 Å². The minimum atomic E-state index is -0.351. The van der Waals surface area contributed by atoms with Crippen LogP contribution < -0.4 is 0 Å². The molecule has 0 unspecified atom stereocenters. The molecule has 0 N–H and O–H groups in total. The smallest absolute Gasteiger partial charge is 0.303 e. The zero-order chi connectivity index (χ0) is 18.8. The summed E-state index contributed by atoms with van der Waals surface area (Å²) in [5.41, 5.74) is 3.11. The van der Waals surface area contributed by atoms with E-state index in [4.69, 9.17) is 4.74 Å². The summed E-state index contributed by atoms with van der Waals surface area (Å²) in [6, 6.07) is 0. The molecule has 2 aliphatic rings. The van der Waals surface area contributed by atoms with E-state index in [2.05, 4.69) is 39.5 Å². The molecule has 0 bridgehead atoms. The van der Waals surface area contributed by atoms with Crippen molar-refractivity contribution in [1.29, 1.82) is 0 Å². The van der Waals surface area contributed by atoms with Crippen molar-refractivity contribution in [1.82, 2.24) is 0 Å². The highest BCUT2D eigenvalue weighted by Gasteiger charge is 2.50. The Bertz CT molecular complexity index is 625. The van der Waals surface area contributed by atoms with Gasteiger partial charge in [-0.3, -0.25) is 9.59 Å². The van der Waals surface area contributed by atoms with Gasteiger partial charge in [0, 0.05) is 25.2 Å². The van der Waals surface area contributed by atoms with Crippen molar-refractivity contribution in [2.75, 3.05) is 0 Å². The zero-order valence-corrected chi connectivity index (χ0v) is 16.4. The summed E-state index contributed by atoms with van der Waals surface area (Å²) in [4.78, 5) is 24.3. The first-order chi connectivity index (χ1) is 11.6. The van der Waals surface area contributed by atoms with Crippen molar-refractivity contribution in [2.24, 2.45) is 17.3 Å². The van der Waals surface area contributed by atoms with Gasteiger partial charge in [-0.1, -0.05) is 36.8 Å². The van der Waals surface area contributed by atoms with E-state index in [1.54, 1.807) is 0 Å². The first-order valence-electron chi connectivity index (χ1n) is 9.33. The van der Waals surface area contributed by atoms with Crippen LogP contribution in [0.15, 0.2) is 35.5 Å². The maximum absolute atomic E-state index is 12.9. The Morgan fingerprint density at radius 2 is 1.96 bits per heavy atom. The lowest BCUT2D eigenvalue weighted by Gasteiger charge is -2.33. The predicted octanol–water partition coefficient (Wildman–Crippen LogP) is 5.17. The first-order valence-corrected chi connectivity index (χ1v) is 9.33. The Morgan fingerprint density at radius 1 is 1.28 bits per heavy atom. The molecule has 25 heavy (non-hydrogen) atoms. The molecule has 0 aromatic heterocycles. The SMILES string of the molecule is C=C(C)[C@H]1CC(=O)[C@]2(C)C/C=C(\C)[C@H](OC(C)=O)C/C=C(\C)CC[C@@H]12. The summed E-state index contributed by atoms with van der Waals surface area (Å²) in [7, 11) is 0. The van der Waals surface area contributed by atoms with E-state index in [1.807, 2.05) is 6.92 Å². The third-order valence-electron chi connectivity index (χ3n) is 6.17. The monoisotopic (exact) mass is 344 g/mol. The summed E-state index contributed by atoms with van der Waals surface area (Å²) in [6.45, 7) is 13.9. The Balaban J connectivity index is 2.39. The number of allylic oxidation sites excluding steroid dienone is 3. The third kappa shape index (κ3) is 4.31. The number of hydrogen-bond acceptors (Lipinski definition) is 3. The second-order valence-electron chi connectivity index (χ2n) is 8.18. The number of ketones is 1. The largest absolute Gasteiger partial charge is 0.458 e. The molecule has 1 saturated carbocycles.